The van der Waals surface area contributed by atoms with Crippen LogP contribution in [0.15, 0.2) is 36.4 Å². The molecule has 2 saturated heterocycles. The number of fused-ring (bicyclic) bond motifs is 2. The number of anilines is 1. The van der Waals surface area contributed by atoms with Gasteiger partial charge in [0.1, 0.15) is 17.9 Å². The Morgan fingerprint density at radius 1 is 1.20 bits per heavy atom. The molecule has 3 saturated carbocycles. The molecule has 0 radical (unpaired) electrons. The molecule has 0 spiro atoms. The van der Waals surface area contributed by atoms with E-state index in [-0.39, 0.29) is 36.4 Å². The van der Waals surface area contributed by atoms with E-state index in [1.807, 2.05) is 55.4 Å². The third-order valence-corrected chi connectivity index (χ3v) is 12.4. The first-order valence-electron chi connectivity index (χ1n) is 18.6. The number of amides is 2. The number of aliphatic hydroxyl groups is 2. The topological polar surface area (TPSA) is 148 Å². The number of para-hydroxylation sites is 1. The molecule has 2 bridgehead atoms. The molecule has 6 N–H and O–H groups in total. The number of carbonyl (C=O) groups is 2. The van der Waals surface area contributed by atoms with Gasteiger partial charge in [0.2, 0.25) is 5.91 Å². The number of carbonyl (C=O) groups excluding carboxylic acids is 2. The van der Waals surface area contributed by atoms with Gasteiger partial charge in [0.05, 0.1) is 26.4 Å². The molecular weight excluding hydrogens is 648 g/mol. The van der Waals surface area contributed by atoms with Crippen LogP contribution >= 0.6 is 0 Å². The number of ether oxygens (including phenoxy) is 1. The second kappa shape index (κ2) is 15.4. The Kier molecular flexibility index (Phi) is 11.3. The van der Waals surface area contributed by atoms with E-state index in [2.05, 4.69) is 42.0 Å². The molecule has 9 atom stereocenters. The van der Waals surface area contributed by atoms with Crippen LogP contribution in [0, 0.1) is 29.1 Å². The predicted molar refractivity (Wildman–Crippen MR) is 197 cm³/mol. The first-order valence-corrected chi connectivity index (χ1v) is 18.6. The number of methoxy groups -OCH3 is 1. The second-order valence-electron chi connectivity index (χ2n) is 16.0. The summed E-state index contributed by atoms with van der Waals surface area (Å²) in [4.78, 5) is 35.8. The van der Waals surface area contributed by atoms with Crippen molar-refractivity contribution >= 4 is 17.5 Å². The van der Waals surface area contributed by atoms with E-state index >= 15 is 0 Å². The quantitative estimate of drug-likeness (QED) is 0.184. The minimum absolute atomic E-state index is 0.0450. The number of hydrogen-bond donors (Lipinski definition) is 6. The third kappa shape index (κ3) is 7.49. The number of benzene rings is 2. The highest BCUT2D eigenvalue weighted by molar-refractivity contribution is 5.97. The van der Waals surface area contributed by atoms with E-state index in [0.29, 0.717) is 41.7 Å². The highest BCUT2D eigenvalue weighted by Crippen LogP contribution is 2.61. The number of nitrogens with zero attached hydrogens (tertiary/aromatic N) is 2. The van der Waals surface area contributed by atoms with Gasteiger partial charge in [-0.25, -0.2) is 0 Å². The first kappa shape index (κ1) is 37.5. The Balaban J connectivity index is 1.25. The van der Waals surface area contributed by atoms with Crippen LogP contribution in [-0.4, -0.2) is 105 Å². The van der Waals surface area contributed by atoms with E-state index in [4.69, 9.17) is 9.57 Å². The molecule has 280 valence electrons. The number of hydroxylamine groups is 2. The van der Waals surface area contributed by atoms with Crippen molar-refractivity contribution in [1.29, 1.82) is 0 Å². The van der Waals surface area contributed by atoms with Crippen molar-refractivity contribution in [1.82, 2.24) is 26.3 Å². The molecular formula is C39H58N6O6. The second-order valence-corrected chi connectivity index (χ2v) is 16.0. The van der Waals surface area contributed by atoms with Crippen LogP contribution in [-0.2, 0) is 16.2 Å². The molecule has 2 aliphatic heterocycles. The Bertz CT molecular complexity index is 1560. The van der Waals surface area contributed by atoms with Crippen LogP contribution < -0.4 is 30.9 Å². The zero-order chi connectivity index (χ0) is 36.6. The summed E-state index contributed by atoms with van der Waals surface area (Å²) in [5, 5.41) is 35.9. The molecule has 1 unspecified atom stereocenters. The predicted octanol–water partition coefficient (Wildman–Crippen LogP) is 2.73. The molecule has 2 amide bonds. The molecule has 2 aromatic rings. The summed E-state index contributed by atoms with van der Waals surface area (Å²) in [5.74, 6) is 1.09. The molecule has 12 nitrogen and oxygen atoms in total. The van der Waals surface area contributed by atoms with Gasteiger partial charge < -0.3 is 41.1 Å². The average Bonchev–Trinajstić information content (AvgIpc) is 3.76. The van der Waals surface area contributed by atoms with Gasteiger partial charge in [0.15, 0.2) is 0 Å². The molecule has 2 heterocycles. The number of hydrogen-bond acceptors (Lipinski definition) is 10. The van der Waals surface area contributed by atoms with E-state index in [9.17, 15) is 19.8 Å². The van der Waals surface area contributed by atoms with Crippen LogP contribution in [0.2, 0.25) is 0 Å². The fraction of sp³-hybridized carbons (Fsp3) is 0.641. The molecule has 3 aliphatic carbocycles. The smallest absolute Gasteiger partial charge is 0.251 e. The third-order valence-electron chi connectivity index (χ3n) is 12.4. The summed E-state index contributed by atoms with van der Waals surface area (Å²) in [7, 11) is 5.49. The summed E-state index contributed by atoms with van der Waals surface area (Å²) in [6.07, 6.45) is 1.33. The summed E-state index contributed by atoms with van der Waals surface area (Å²) in [5.41, 5.74) is 4.07. The lowest BCUT2D eigenvalue weighted by Crippen LogP contribution is -2.62. The van der Waals surface area contributed by atoms with Gasteiger partial charge in [-0.3, -0.25) is 14.4 Å². The molecule has 51 heavy (non-hydrogen) atoms. The van der Waals surface area contributed by atoms with E-state index in [0.717, 1.165) is 48.4 Å². The van der Waals surface area contributed by atoms with E-state index in [1.165, 1.54) is 6.42 Å². The first-order chi connectivity index (χ1) is 24.3. The van der Waals surface area contributed by atoms with Gasteiger partial charge in [-0.05, 0) is 73.1 Å². The van der Waals surface area contributed by atoms with E-state index < -0.39 is 24.2 Å². The van der Waals surface area contributed by atoms with Gasteiger partial charge in [-0.15, -0.1) is 0 Å². The maximum atomic E-state index is 14.2. The molecule has 12 heteroatoms. The largest absolute Gasteiger partial charge is 0.496 e. The summed E-state index contributed by atoms with van der Waals surface area (Å²) in [6.45, 7) is 10.6. The molecule has 5 fully saturated rings. The van der Waals surface area contributed by atoms with Crippen molar-refractivity contribution in [2.75, 3.05) is 52.5 Å². The van der Waals surface area contributed by atoms with Crippen molar-refractivity contribution in [3.05, 3.63) is 47.5 Å². The SMILES string of the molecule is COc1c(CN2O[C@@H](CO)[C@@H]([C@H](C)O)[C@H]2C(=O)N[C@H]2C[C@H]3C[C@@H]([C@@H]2C)C3(C)C)cccc1-c1cc(C(=O)NCCC2CNCN2)cc(N(C)C)c1. The number of nitrogens with one attached hydrogen (secondary N) is 4. The minimum atomic E-state index is -0.892. The lowest BCUT2D eigenvalue weighted by atomic mass is 9.45. The van der Waals surface area contributed by atoms with Gasteiger partial charge in [0, 0.05) is 74.2 Å². The monoisotopic (exact) mass is 706 g/mol. The van der Waals surface area contributed by atoms with Gasteiger partial charge >= 0.3 is 0 Å². The van der Waals surface area contributed by atoms with Crippen LogP contribution in [0.3, 0.4) is 0 Å². The molecule has 2 aromatic carbocycles. The minimum Gasteiger partial charge on any atom is -0.496 e. The summed E-state index contributed by atoms with van der Waals surface area (Å²) >= 11 is 0. The summed E-state index contributed by atoms with van der Waals surface area (Å²) < 4.78 is 6.05. The fourth-order valence-corrected chi connectivity index (χ4v) is 9.19. The number of aliphatic hydroxyl groups excluding tert-OH is 2. The molecule has 5 aliphatic rings. The van der Waals surface area contributed by atoms with Crippen LogP contribution in [0.5, 0.6) is 5.75 Å². The average molecular weight is 707 g/mol. The highest BCUT2D eigenvalue weighted by Gasteiger charge is 2.57. The Morgan fingerprint density at radius 3 is 2.61 bits per heavy atom. The van der Waals surface area contributed by atoms with Crippen LogP contribution in [0.25, 0.3) is 11.1 Å². The van der Waals surface area contributed by atoms with Crippen molar-refractivity contribution in [2.24, 2.45) is 29.1 Å². The normalized spacial score (nSPS) is 30.4. The van der Waals surface area contributed by atoms with Crippen LogP contribution in [0.4, 0.5) is 5.69 Å². The Labute approximate surface area is 302 Å². The lowest BCUT2D eigenvalue weighted by Gasteiger charge is -2.62. The Hall–Kier alpha value is -3.26. The van der Waals surface area contributed by atoms with Crippen molar-refractivity contribution < 1.29 is 29.4 Å². The van der Waals surface area contributed by atoms with Gasteiger partial charge in [0.25, 0.3) is 5.91 Å². The Morgan fingerprint density at radius 2 is 1.98 bits per heavy atom. The number of rotatable bonds is 13. The maximum absolute atomic E-state index is 14.2. The standard InChI is InChI=1S/C39H58N6O6/c1-22-31-16-27(39(31,3)4)17-32(22)43-38(49)35-34(23(2)47)33(20-46)51-45(35)19-24-9-8-10-30(36(24)50-7)25-13-26(15-29(14-25)44(5)6)37(48)41-12-11-28-18-40-21-42-28/h8-10,13-15,22-23,27-28,31-35,40,42,46-47H,11-12,16-21H2,1-7H3,(H,41,48)(H,43,49)/t22-,23-,27+,28?,31-,32-,33-,34+,35-/m0/s1. The fourth-order valence-electron chi connectivity index (χ4n) is 9.19. The zero-order valence-corrected chi connectivity index (χ0v) is 31.2. The molecule has 7 rings (SSSR count). The highest BCUT2D eigenvalue weighted by atomic mass is 16.7. The lowest BCUT2D eigenvalue weighted by molar-refractivity contribution is -0.183. The summed E-state index contributed by atoms with van der Waals surface area (Å²) in [6, 6.07) is 11.2. The van der Waals surface area contributed by atoms with Crippen LogP contribution in [0.1, 0.15) is 62.9 Å². The van der Waals surface area contributed by atoms with E-state index in [1.54, 1.807) is 19.1 Å². The van der Waals surface area contributed by atoms with Gasteiger partial charge in [-0.1, -0.05) is 39.0 Å². The van der Waals surface area contributed by atoms with Crippen molar-refractivity contribution in [3.8, 4) is 16.9 Å². The maximum Gasteiger partial charge on any atom is 0.251 e. The van der Waals surface area contributed by atoms with Gasteiger partial charge in [-0.2, -0.15) is 5.06 Å². The zero-order valence-electron chi connectivity index (χ0n) is 31.2. The van der Waals surface area contributed by atoms with Crippen molar-refractivity contribution in [2.45, 2.75) is 83.8 Å². The van der Waals surface area contributed by atoms with Crippen molar-refractivity contribution in [3.63, 3.8) is 0 Å². The molecule has 0 aromatic heterocycles.